The Morgan fingerprint density at radius 3 is 2.73 bits per heavy atom. The molecule has 82 valence electrons. The minimum absolute atomic E-state index is 0.622. The van der Waals surface area contributed by atoms with Crippen molar-refractivity contribution in [2.75, 3.05) is 6.54 Å². The molecule has 0 aliphatic heterocycles. The van der Waals surface area contributed by atoms with Crippen LogP contribution in [0.25, 0.3) is 0 Å². The molecule has 1 aromatic rings. The summed E-state index contributed by atoms with van der Waals surface area (Å²) in [7, 11) is 0. The van der Waals surface area contributed by atoms with Crippen LogP contribution in [-0.4, -0.2) is 11.5 Å². The second-order valence-corrected chi connectivity index (χ2v) is 4.83. The average Bonchev–Trinajstić information content (AvgIpc) is 2.82. The Kier molecular flexibility index (Phi) is 2.28. The highest BCUT2D eigenvalue weighted by molar-refractivity contribution is 5.18. The zero-order valence-electron chi connectivity index (χ0n) is 8.98. The predicted octanol–water partition coefficient (Wildman–Crippen LogP) is 2.08. The molecule has 1 aromatic heterocycles. The van der Waals surface area contributed by atoms with E-state index in [9.17, 15) is 0 Å². The molecular weight excluding hydrogens is 188 g/mol. The highest BCUT2D eigenvalue weighted by Crippen LogP contribution is 2.61. The van der Waals surface area contributed by atoms with E-state index in [4.69, 9.17) is 10.2 Å². The van der Waals surface area contributed by atoms with Gasteiger partial charge < -0.3 is 10.2 Å². The Morgan fingerprint density at radius 2 is 2.07 bits per heavy atom. The number of nitrogens with zero attached hydrogens (tertiary/aromatic N) is 1. The number of oxazole rings is 1. The topological polar surface area (TPSA) is 52.0 Å². The maximum Gasteiger partial charge on any atom is 0.195 e. The molecule has 0 spiro atoms. The lowest BCUT2D eigenvalue weighted by atomic mass is 10.0. The largest absolute Gasteiger partial charge is 0.445 e. The van der Waals surface area contributed by atoms with E-state index in [1.165, 1.54) is 25.7 Å². The van der Waals surface area contributed by atoms with Crippen molar-refractivity contribution < 1.29 is 4.42 Å². The van der Waals surface area contributed by atoms with E-state index in [1.807, 2.05) is 6.20 Å². The molecule has 0 aromatic carbocycles. The van der Waals surface area contributed by atoms with E-state index in [0.29, 0.717) is 12.5 Å². The van der Waals surface area contributed by atoms with Crippen molar-refractivity contribution in [1.82, 2.24) is 4.98 Å². The zero-order chi connectivity index (χ0) is 10.3. The Morgan fingerprint density at radius 1 is 1.33 bits per heavy atom. The summed E-state index contributed by atoms with van der Waals surface area (Å²) in [6, 6.07) is 0. The molecule has 3 heteroatoms. The second kappa shape index (κ2) is 3.63. The minimum atomic E-state index is 0.622. The van der Waals surface area contributed by atoms with Gasteiger partial charge in [-0.3, -0.25) is 0 Å². The lowest BCUT2D eigenvalue weighted by Gasteiger charge is -2.04. The first kappa shape index (κ1) is 9.40. The first-order valence-corrected chi connectivity index (χ1v) is 6.05. The molecule has 2 unspecified atom stereocenters. The van der Waals surface area contributed by atoms with Crippen LogP contribution in [0.4, 0.5) is 0 Å². The quantitative estimate of drug-likeness (QED) is 0.823. The van der Waals surface area contributed by atoms with Crippen LogP contribution in [0, 0.1) is 11.8 Å². The first-order valence-electron chi connectivity index (χ1n) is 6.05. The molecule has 3 nitrogen and oxygen atoms in total. The van der Waals surface area contributed by atoms with Crippen molar-refractivity contribution in [2.24, 2.45) is 17.6 Å². The molecule has 0 amide bonds. The van der Waals surface area contributed by atoms with Gasteiger partial charge in [0.1, 0.15) is 5.76 Å². The lowest BCUT2D eigenvalue weighted by Crippen LogP contribution is -2.02. The van der Waals surface area contributed by atoms with Gasteiger partial charge in [-0.05, 0) is 24.7 Å². The number of aromatic nitrogens is 1. The fourth-order valence-corrected chi connectivity index (χ4v) is 3.13. The Labute approximate surface area is 90.1 Å². The molecule has 0 radical (unpaired) electrons. The van der Waals surface area contributed by atoms with Gasteiger partial charge >= 0.3 is 0 Å². The highest BCUT2D eigenvalue weighted by Gasteiger charge is 2.53. The minimum Gasteiger partial charge on any atom is -0.445 e. The molecule has 2 fully saturated rings. The number of rotatable bonds is 3. The number of fused-ring (bicyclic) bond motifs is 1. The summed E-state index contributed by atoms with van der Waals surface area (Å²) in [4.78, 5) is 4.28. The van der Waals surface area contributed by atoms with E-state index >= 15 is 0 Å². The van der Waals surface area contributed by atoms with Gasteiger partial charge in [0.2, 0.25) is 0 Å². The van der Waals surface area contributed by atoms with Crippen LogP contribution in [0.15, 0.2) is 10.6 Å². The van der Waals surface area contributed by atoms with Gasteiger partial charge in [0.05, 0.1) is 6.20 Å². The third-order valence-corrected chi connectivity index (χ3v) is 3.91. The number of nitrogens with two attached hydrogens (primary N) is 1. The summed E-state index contributed by atoms with van der Waals surface area (Å²) < 4.78 is 5.75. The van der Waals surface area contributed by atoms with Crippen LogP contribution >= 0.6 is 0 Å². The molecule has 2 saturated carbocycles. The van der Waals surface area contributed by atoms with Gasteiger partial charge in [-0.1, -0.05) is 12.8 Å². The fourth-order valence-electron chi connectivity index (χ4n) is 3.13. The molecule has 15 heavy (non-hydrogen) atoms. The van der Waals surface area contributed by atoms with Crippen LogP contribution in [0.2, 0.25) is 0 Å². The lowest BCUT2D eigenvalue weighted by molar-refractivity contribution is 0.449. The maximum absolute atomic E-state index is 5.75. The van der Waals surface area contributed by atoms with E-state index in [-0.39, 0.29) is 0 Å². The predicted molar refractivity (Wildman–Crippen MR) is 57.5 cm³/mol. The summed E-state index contributed by atoms with van der Waals surface area (Å²) in [6.45, 7) is 0.622. The van der Waals surface area contributed by atoms with Gasteiger partial charge in [-0.25, -0.2) is 4.98 Å². The standard InChI is InChI=1S/C12H18N2O/c13-6-5-11-14-7-10(15-11)12-8-3-1-2-4-9(8)12/h7-9,12H,1-6,13H2. The van der Waals surface area contributed by atoms with Crippen molar-refractivity contribution in [3.8, 4) is 0 Å². The van der Waals surface area contributed by atoms with E-state index in [2.05, 4.69) is 4.98 Å². The van der Waals surface area contributed by atoms with Crippen molar-refractivity contribution in [3.05, 3.63) is 17.8 Å². The highest BCUT2D eigenvalue weighted by atomic mass is 16.4. The van der Waals surface area contributed by atoms with E-state index < -0.39 is 0 Å². The molecular formula is C12H18N2O. The maximum atomic E-state index is 5.75. The number of hydrogen-bond acceptors (Lipinski definition) is 3. The zero-order valence-corrected chi connectivity index (χ0v) is 8.98. The number of hydrogen-bond donors (Lipinski definition) is 1. The summed E-state index contributed by atoms with van der Waals surface area (Å²) in [5.41, 5.74) is 5.48. The van der Waals surface area contributed by atoms with Crippen molar-refractivity contribution >= 4 is 0 Å². The van der Waals surface area contributed by atoms with Crippen molar-refractivity contribution in [2.45, 2.75) is 38.0 Å². The SMILES string of the molecule is NCCc1ncc(C2C3CCCCC32)o1. The van der Waals surface area contributed by atoms with Crippen LogP contribution in [0.3, 0.4) is 0 Å². The van der Waals surface area contributed by atoms with Crippen LogP contribution in [0.1, 0.15) is 43.3 Å². The molecule has 2 atom stereocenters. The van der Waals surface area contributed by atoms with E-state index in [0.717, 1.165) is 29.9 Å². The molecule has 0 saturated heterocycles. The summed E-state index contributed by atoms with van der Waals surface area (Å²) >= 11 is 0. The average molecular weight is 206 g/mol. The summed E-state index contributed by atoms with van der Waals surface area (Å²) in [5, 5.41) is 0. The van der Waals surface area contributed by atoms with Gasteiger partial charge in [0.25, 0.3) is 0 Å². The Bertz CT molecular complexity index is 335. The van der Waals surface area contributed by atoms with E-state index in [1.54, 1.807) is 0 Å². The van der Waals surface area contributed by atoms with Gasteiger partial charge in [0.15, 0.2) is 5.89 Å². The molecule has 2 aliphatic rings. The third-order valence-electron chi connectivity index (χ3n) is 3.91. The summed E-state index contributed by atoms with van der Waals surface area (Å²) in [5.74, 6) is 4.42. The third kappa shape index (κ3) is 1.59. The second-order valence-electron chi connectivity index (χ2n) is 4.83. The van der Waals surface area contributed by atoms with Gasteiger partial charge in [-0.15, -0.1) is 0 Å². The van der Waals surface area contributed by atoms with Crippen LogP contribution in [0.5, 0.6) is 0 Å². The fraction of sp³-hybridized carbons (Fsp3) is 0.750. The monoisotopic (exact) mass is 206 g/mol. The van der Waals surface area contributed by atoms with Gasteiger partial charge in [-0.2, -0.15) is 0 Å². The molecule has 2 N–H and O–H groups in total. The van der Waals surface area contributed by atoms with Crippen LogP contribution in [-0.2, 0) is 6.42 Å². The molecule has 1 heterocycles. The molecule has 3 rings (SSSR count). The van der Waals surface area contributed by atoms with Crippen molar-refractivity contribution in [3.63, 3.8) is 0 Å². The van der Waals surface area contributed by atoms with Gasteiger partial charge in [0, 0.05) is 18.9 Å². The van der Waals surface area contributed by atoms with Crippen LogP contribution < -0.4 is 5.73 Å². The van der Waals surface area contributed by atoms with Crippen molar-refractivity contribution in [1.29, 1.82) is 0 Å². The Hall–Kier alpha value is -0.830. The molecule has 0 bridgehead atoms. The summed E-state index contributed by atoms with van der Waals surface area (Å²) in [6.07, 6.45) is 8.28. The first-order chi connectivity index (χ1) is 7.40. The Balaban J connectivity index is 1.71. The smallest absolute Gasteiger partial charge is 0.195 e. The normalized spacial score (nSPS) is 33.8. The molecule has 2 aliphatic carbocycles.